The number of aliphatic imine (C=N–C) groups is 1. The summed E-state index contributed by atoms with van der Waals surface area (Å²) in [7, 11) is 0. The van der Waals surface area contributed by atoms with Crippen molar-refractivity contribution in [3.05, 3.63) is 83.3 Å². The quantitative estimate of drug-likeness (QED) is 0.407. The molecule has 4 nitrogen and oxygen atoms in total. The van der Waals surface area contributed by atoms with Crippen LogP contribution in [-0.4, -0.2) is 30.7 Å². The van der Waals surface area contributed by atoms with E-state index >= 15 is 0 Å². The predicted octanol–water partition coefficient (Wildman–Crippen LogP) is 7.71. The van der Waals surface area contributed by atoms with Crippen LogP contribution in [0, 0.1) is 11.3 Å². The van der Waals surface area contributed by atoms with Crippen molar-refractivity contribution in [2.45, 2.75) is 54.1 Å². The summed E-state index contributed by atoms with van der Waals surface area (Å²) >= 11 is 0. The third-order valence-corrected chi connectivity index (χ3v) is 5.14. The van der Waals surface area contributed by atoms with Gasteiger partial charge in [0, 0.05) is 31.2 Å². The molecular weight excluding hydrogens is 449 g/mol. The van der Waals surface area contributed by atoms with Gasteiger partial charge in [0.2, 0.25) is 6.93 Å². The highest BCUT2D eigenvalue weighted by molar-refractivity contribution is 6.00. The number of alkyl halides is 3. The largest absolute Gasteiger partial charge is 0.366 e. The SMILES string of the molecule is C=CN=C(C)C1=C(C)CCN(c2ccccc2C#N)C1.CC.CCc1ccc(CF)nc1.FCF. The fourth-order valence-corrected chi connectivity index (χ4v) is 3.29. The van der Waals surface area contributed by atoms with Crippen molar-refractivity contribution in [1.82, 2.24) is 4.98 Å². The molecule has 0 amide bonds. The average molecular weight is 487 g/mol. The first-order valence-electron chi connectivity index (χ1n) is 11.7. The Kier molecular flexibility index (Phi) is 17.1. The lowest BCUT2D eigenvalue weighted by Crippen LogP contribution is -2.33. The van der Waals surface area contributed by atoms with Crippen molar-refractivity contribution in [1.29, 1.82) is 5.26 Å². The van der Waals surface area contributed by atoms with Gasteiger partial charge >= 0.3 is 0 Å². The van der Waals surface area contributed by atoms with Gasteiger partial charge in [-0.25, -0.2) is 13.2 Å². The molecule has 0 aliphatic carbocycles. The molecule has 0 fully saturated rings. The van der Waals surface area contributed by atoms with Crippen molar-refractivity contribution >= 4 is 11.4 Å². The highest BCUT2D eigenvalue weighted by Crippen LogP contribution is 2.27. The minimum atomic E-state index is -1.75. The van der Waals surface area contributed by atoms with Gasteiger partial charge in [0.15, 0.2) is 0 Å². The first-order chi connectivity index (χ1) is 16.9. The molecule has 35 heavy (non-hydrogen) atoms. The van der Waals surface area contributed by atoms with Gasteiger partial charge in [-0.1, -0.05) is 51.1 Å². The van der Waals surface area contributed by atoms with Crippen molar-refractivity contribution in [3.63, 3.8) is 0 Å². The van der Waals surface area contributed by atoms with Gasteiger partial charge in [-0.15, -0.1) is 0 Å². The van der Waals surface area contributed by atoms with E-state index in [4.69, 9.17) is 0 Å². The molecule has 0 atom stereocenters. The van der Waals surface area contributed by atoms with Gasteiger partial charge in [0.25, 0.3) is 0 Å². The van der Waals surface area contributed by atoms with E-state index in [0.717, 1.165) is 48.5 Å². The van der Waals surface area contributed by atoms with Gasteiger partial charge in [-0.2, -0.15) is 5.26 Å². The zero-order chi connectivity index (χ0) is 26.6. The lowest BCUT2D eigenvalue weighted by Gasteiger charge is -2.32. The van der Waals surface area contributed by atoms with Crippen molar-refractivity contribution < 1.29 is 13.2 Å². The Bertz CT molecular complexity index is 953. The molecule has 0 saturated heterocycles. The first-order valence-corrected chi connectivity index (χ1v) is 11.7. The summed E-state index contributed by atoms with van der Waals surface area (Å²) in [5.41, 5.74) is 7.03. The maximum atomic E-state index is 11.9. The van der Waals surface area contributed by atoms with E-state index in [-0.39, 0.29) is 0 Å². The number of rotatable bonds is 5. The van der Waals surface area contributed by atoms with Crippen LogP contribution in [0.25, 0.3) is 0 Å². The first kappa shape index (κ1) is 31.6. The number of hydrogen-bond acceptors (Lipinski definition) is 4. The third-order valence-electron chi connectivity index (χ3n) is 5.14. The van der Waals surface area contributed by atoms with Gasteiger partial charge < -0.3 is 4.90 Å². The maximum absolute atomic E-state index is 11.9. The van der Waals surface area contributed by atoms with E-state index in [1.54, 1.807) is 18.5 Å². The minimum absolute atomic E-state index is 0.468. The molecule has 7 heteroatoms. The average Bonchev–Trinajstić information content (AvgIpc) is 2.91. The fraction of sp³-hybridized carbons (Fsp3) is 0.393. The zero-order valence-corrected chi connectivity index (χ0v) is 21.5. The maximum Gasteiger partial charge on any atom is 0.229 e. The number of benzene rings is 1. The van der Waals surface area contributed by atoms with Crippen LogP contribution in [0.2, 0.25) is 0 Å². The molecule has 190 valence electrons. The smallest absolute Gasteiger partial charge is 0.229 e. The molecule has 1 aromatic carbocycles. The topological polar surface area (TPSA) is 52.3 Å². The predicted molar refractivity (Wildman–Crippen MR) is 141 cm³/mol. The molecule has 3 rings (SSSR count). The Morgan fingerprint density at radius 3 is 2.37 bits per heavy atom. The molecule has 1 aromatic heterocycles. The molecule has 0 radical (unpaired) electrons. The van der Waals surface area contributed by atoms with Crippen LogP contribution in [-0.2, 0) is 13.1 Å². The summed E-state index contributed by atoms with van der Waals surface area (Å²) in [5.74, 6) is 0. The van der Waals surface area contributed by atoms with Crippen LogP contribution in [0.3, 0.4) is 0 Å². The van der Waals surface area contributed by atoms with Crippen LogP contribution in [0.1, 0.15) is 57.9 Å². The Balaban J connectivity index is 0.000000644. The summed E-state index contributed by atoms with van der Waals surface area (Å²) in [4.78, 5) is 10.4. The van der Waals surface area contributed by atoms with Gasteiger partial charge in [-0.05, 0) is 56.0 Å². The Morgan fingerprint density at radius 2 is 1.86 bits per heavy atom. The van der Waals surface area contributed by atoms with Crippen molar-refractivity contribution in [2.24, 2.45) is 4.99 Å². The van der Waals surface area contributed by atoms with E-state index in [1.807, 2.05) is 58.0 Å². The van der Waals surface area contributed by atoms with Crippen molar-refractivity contribution in [3.8, 4) is 6.07 Å². The standard InChI is InChI=1S/C17H19N3.C8H10FN.C2H6.CH2F2/c1-4-19-14(3)16-12-20(10-9-13(16)2)17-8-6-5-7-15(17)11-18;1-2-7-3-4-8(5-9)10-6-7;1-2;2-1-3/h4-8H,1,9-10,12H2,2-3H3;3-4,6H,2,5H2,1H3;1-2H3;1H2. The highest BCUT2D eigenvalue weighted by Gasteiger charge is 2.20. The summed E-state index contributed by atoms with van der Waals surface area (Å²) in [5, 5.41) is 9.23. The number of hydrogen-bond donors (Lipinski definition) is 0. The van der Waals surface area contributed by atoms with Crippen LogP contribution >= 0.6 is 0 Å². The number of aromatic nitrogens is 1. The molecule has 2 heterocycles. The van der Waals surface area contributed by atoms with Crippen molar-refractivity contribution in [2.75, 3.05) is 24.9 Å². The highest BCUT2D eigenvalue weighted by atomic mass is 19.3. The molecular formula is C28H37F3N4. The minimum Gasteiger partial charge on any atom is -0.366 e. The second-order valence-corrected chi connectivity index (χ2v) is 7.20. The Hall–Kier alpha value is -3.40. The number of anilines is 1. The Morgan fingerprint density at radius 1 is 1.20 bits per heavy atom. The van der Waals surface area contributed by atoms with E-state index < -0.39 is 13.6 Å². The van der Waals surface area contributed by atoms with Crippen LogP contribution in [0.15, 0.2) is 71.5 Å². The molecule has 0 unspecified atom stereocenters. The number of nitrogens with zero attached hydrogens (tertiary/aromatic N) is 4. The second-order valence-electron chi connectivity index (χ2n) is 7.20. The third kappa shape index (κ3) is 11.0. The lowest BCUT2D eigenvalue weighted by atomic mass is 9.97. The van der Waals surface area contributed by atoms with E-state index in [0.29, 0.717) is 5.69 Å². The molecule has 0 spiro atoms. The summed E-state index contributed by atoms with van der Waals surface area (Å²) in [6, 6.07) is 13.7. The molecule has 1 aliphatic heterocycles. The van der Waals surface area contributed by atoms with Gasteiger partial charge in [0.1, 0.15) is 12.7 Å². The molecule has 1 aliphatic rings. The van der Waals surface area contributed by atoms with E-state index in [9.17, 15) is 18.4 Å². The van der Waals surface area contributed by atoms with Crippen LogP contribution in [0.4, 0.5) is 18.9 Å². The molecule has 0 bridgehead atoms. The number of para-hydroxylation sites is 1. The van der Waals surface area contributed by atoms with Crippen LogP contribution < -0.4 is 4.90 Å². The molecule has 0 saturated carbocycles. The normalized spacial score (nSPS) is 12.7. The second kappa shape index (κ2) is 19.0. The Labute approximate surface area is 208 Å². The number of halogens is 3. The van der Waals surface area contributed by atoms with Crippen LogP contribution in [0.5, 0.6) is 0 Å². The fourth-order valence-electron chi connectivity index (χ4n) is 3.29. The molecule has 2 aromatic rings. The molecule has 0 N–H and O–H groups in total. The lowest BCUT2D eigenvalue weighted by molar-refractivity contribution is 0.295. The van der Waals surface area contributed by atoms with E-state index in [1.165, 1.54) is 11.1 Å². The summed E-state index contributed by atoms with van der Waals surface area (Å²) in [6.45, 7) is 13.4. The van der Waals surface area contributed by atoms with Gasteiger partial charge in [0.05, 0.1) is 16.9 Å². The monoisotopic (exact) mass is 486 g/mol. The summed E-state index contributed by atoms with van der Waals surface area (Å²) < 4.78 is 31.1. The number of aryl methyl sites for hydroxylation is 1. The van der Waals surface area contributed by atoms with E-state index in [2.05, 4.69) is 34.4 Å². The van der Waals surface area contributed by atoms with Gasteiger partial charge in [-0.3, -0.25) is 9.98 Å². The summed E-state index contributed by atoms with van der Waals surface area (Å²) in [6.07, 6.45) is 5.26. The number of pyridine rings is 1. The zero-order valence-electron chi connectivity index (χ0n) is 21.5. The number of nitriles is 1.